The van der Waals surface area contributed by atoms with Crippen LogP contribution in [-0.2, 0) is 0 Å². The van der Waals surface area contributed by atoms with Gasteiger partial charge in [0.05, 0.1) is 24.4 Å². The summed E-state index contributed by atoms with van der Waals surface area (Å²) in [5, 5.41) is 12.2. The predicted molar refractivity (Wildman–Crippen MR) is 117 cm³/mol. The zero-order valence-electron chi connectivity index (χ0n) is 17.3. The fraction of sp³-hybridized carbons (Fsp3) is 0.250. The van der Waals surface area contributed by atoms with Crippen molar-refractivity contribution in [1.82, 2.24) is 14.9 Å². The third kappa shape index (κ3) is 4.81. The smallest absolute Gasteiger partial charge is 0.253 e. The standard InChI is InChI=1S/C24H23N5O2/c1-31-21-10-8-20(9-11-21)27-24-26-13-12-22(28-24)19-3-2-14-29(16-19)23(30)18-6-4-17(15-25)5-7-18/h4-13,19H,2-3,14,16H2,1H3,(H,26,27,28)/t19-/m1/s1. The van der Waals surface area contributed by atoms with E-state index in [4.69, 9.17) is 15.0 Å². The molecule has 1 aliphatic heterocycles. The number of carbonyl (C=O) groups excluding carboxylic acids is 1. The van der Waals surface area contributed by atoms with Crippen molar-refractivity contribution in [3.63, 3.8) is 0 Å². The van der Waals surface area contributed by atoms with Crippen LogP contribution in [0.1, 0.15) is 40.4 Å². The number of piperidine rings is 1. The number of hydrogen-bond donors (Lipinski definition) is 1. The van der Waals surface area contributed by atoms with Gasteiger partial charge in [-0.3, -0.25) is 4.79 Å². The van der Waals surface area contributed by atoms with Crippen molar-refractivity contribution in [3.8, 4) is 11.8 Å². The molecular formula is C24H23N5O2. The Morgan fingerprint density at radius 3 is 2.65 bits per heavy atom. The lowest BCUT2D eigenvalue weighted by Crippen LogP contribution is -2.39. The highest BCUT2D eigenvalue weighted by molar-refractivity contribution is 5.94. The summed E-state index contributed by atoms with van der Waals surface area (Å²) in [6.45, 7) is 1.33. The molecule has 0 unspecified atom stereocenters. The van der Waals surface area contributed by atoms with Crippen molar-refractivity contribution in [1.29, 1.82) is 5.26 Å². The molecule has 0 radical (unpaired) electrons. The number of carbonyl (C=O) groups is 1. The summed E-state index contributed by atoms with van der Waals surface area (Å²) in [6.07, 6.45) is 3.63. The van der Waals surface area contributed by atoms with Crippen molar-refractivity contribution >= 4 is 17.5 Å². The minimum atomic E-state index is -0.0140. The third-order valence-electron chi connectivity index (χ3n) is 5.41. The van der Waals surface area contributed by atoms with Gasteiger partial charge in [0.2, 0.25) is 5.95 Å². The van der Waals surface area contributed by atoms with Crippen molar-refractivity contribution in [3.05, 3.63) is 77.6 Å². The van der Waals surface area contributed by atoms with E-state index in [1.165, 1.54) is 0 Å². The van der Waals surface area contributed by atoms with Gasteiger partial charge in [0.15, 0.2) is 0 Å². The number of methoxy groups -OCH3 is 1. The highest BCUT2D eigenvalue weighted by atomic mass is 16.5. The van der Waals surface area contributed by atoms with E-state index in [9.17, 15) is 4.79 Å². The zero-order valence-corrected chi connectivity index (χ0v) is 17.3. The SMILES string of the molecule is COc1ccc(Nc2nccc([C@@H]3CCCN(C(=O)c4ccc(C#N)cc4)C3)n2)cc1. The molecular weight excluding hydrogens is 390 g/mol. The summed E-state index contributed by atoms with van der Waals surface area (Å²) in [6, 6.07) is 18.3. The minimum Gasteiger partial charge on any atom is -0.497 e. The van der Waals surface area contributed by atoms with E-state index in [2.05, 4.69) is 16.4 Å². The van der Waals surface area contributed by atoms with Gasteiger partial charge in [0.25, 0.3) is 5.91 Å². The molecule has 0 spiro atoms. The highest BCUT2D eigenvalue weighted by Crippen LogP contribution is 2.27. The summed E-state index contributed by atoms with van der Waals surface area (Å²) >= 11 is 0. The molecule has 3 aromatic rings. The summed E-state index contributed by atoms with van der Waals surface area (Å²) in [4.78, 5) is 23.8. The van der Waals surface area contributed by atoms with E-state index in [0.29, 0.717) is 23.6 Å². The van der Waals surface area contributed by atoms with Crippen molar-refractivity contribution in [2.24, 2.45) is 0 Å². The molecule has 1 aliphatic rings. The Balaban J connectivity index is 1.45. The van der Waals surface area contributed by atoms with Gasteiger partial charge >= 0.3 is 0 Å². The number of likely N-dealkylation sites (tertiary alicyclic amines) is 1. The molecule has 1 amide bonds. The van der Waals surface area contributed by atoms with E-state index < -0.39 is 0 Å². The fourth-order valence-corrected chi connectivity index (χ4v) is 3.74. The monoisotopic (exact) mass is 413 g/mol. The molecule has 4 rings (SSSR count). The average molecular weight is 413 g/mol. The lowest BCUT2D eigenvalue weighted by atomic mass is 9.94. The van der Waals surface area contributed by atoms with Gasteiger partial charge in [-0.05, 0) is 67.4 Å². The highest BCUT2D eigenvalue weighted by Gasteiger charge is 2.26. The molecule has 1 aromatic heterocycles. The summed E-state index contributed by atoms with van der Waals surface area (Å²) in [5.41, 5.74) is 2.94. The summed E-state index contributed by atoms with van der Waals surface area (Å²) in [7, 11) is 1.63. The first kappa shape index (κ1) is 20.4. The molecule has 2 heterocycles. The number of ether oxygens (including phenoxy) is 1. The molecule has 31 heavy (non-hydrogen) atoms. The van der Waals surface area contributed by atoms with Crippen LogP contribution < -0.4 is 10.1 Å². The molecule has 1 saturated heterocycles. The molecule has 0 saturated carbocycles. The second-order valence-corrected chi connectivity index (χ2v) is 7.44. The summed E-state index contributed by atoms with van der Waals surface area (Å²) < 4.78 is 5.19. The normalized spacial score (nSPS) is 15.7. The molecule has 156 valence electrons. The Morgan fingerprint density at radius 1 is 1.16 bits per heavy atom. The molecule has 1 fully saturated rings. The number of hydrogen-bond acceptors (Lipinski definition) is 6. The van der Waals surface area contributed by atoms with E-state index in [0.717, 1.165) is 36.5 Å². The quantitative estimate of drug-likeness (QED) is 0.677. The van der Waals surface area contributed by atoms with Gasteiger partial charge in [-0.1, -0.05) is 0 Å². The fourth-order valence-electron chi connectivity index (χ4n) is 3.74. The number of rotatable bonds is 5. The maximum Gasteiger partial charge on any atom is 0.253 e. The van der Waals surface area contributed by atoms with E-state index in [1.54, 1.807) is 37.6 Å². The van der Waals surface area contributed by atoms with Gasteiger partial charge in [-0.25, -0.2) is 9.97 Å². The second kappa shape index (κ2) is 9.26. The first-order chi connectivity index (χ1) is 15.2. The first-order valence-corrected chi connectivity index (χ1v) is 10.2. The third-order valence-corrected chi connectivity index (χ3v) is 5.41. The van der Waals surface area contributed by atoms with Gasteiger partial charge in [-0.2, -0.15) is 5.26 Å². The Bertz CT molecular complexity index is 1090. The maximum atomic E-state index is 12.9. The lowest BCUT2D eigenvalue weighted by Gasteiger charge is -2.32. The largest absolute Gasteiger partial charge is 0.497 e. The molecule has 2 aromatic carbocycles. The zero-order chi connectivity index (χ0) is 21.6. The molecule has 1 N–H and O–H groups in total. The van der Waals surface area contributed by atoms with Gasteiger partial charge in [0, 0.05) is 36.5 Å². The van der Waals surface area contributed by atoms with E-state index in [-0.39, 0.29) is 11.8 Å². The minimum absolute atomic E-state index is 0.0140. The van der Waals surface area contributed by atoms with Crippen LogP contribution in [0.25, 0.3) is 0 Å². The van der Waals surface area contributed by atoms with Gasteiger partial charge in [0.1, 0.15) is 5.75 Å². The van der Waals surface area contributed by atoms with Crippen molar-refractivity contribution in [2.75, 3.05) is 25.5 Å². The van der Waals surface area contributed by atoms with Gasteiger partial charge < -0.3 is 15.0 Å². The van der Waals surface area contributed by atoms with Crippen LogP contribution in [0.3, 0.4) is 0 Å². The maximum absolute atomic E-state index is 12.9. The van der Waals surface area contributed by atoms with Crippen molar-refractivity contribution in [2.45, 2.75) is 18.8 Å². The van der Waals surface area contributed by atoms with Crippen LogP contribution in [-0.4, -0.2) is 41.0 Å². The van der Waals surface area contributed by atoms with Crippen molar-refractivity contribution < 1.29 is 9.53 Å². The number of amides is 1. The van der Waals surface area contributed by atoms with E-state index in [1.807, 2.05) is 35.2 Å². The Hall–Kier alpha value is -3.92. The first-order valence-electron chi connectivity index (χ1n) is 10.2. The summed E-state index contributed by atoms with van der Waals surface area (Å²) in [5.74, 6) is 1.45. The Morgan fingerprint density at radius 2 is 1.94 bits per heavy atom. The molecule has 1 atom stereocenters. The number of nitrogens with zero attached hydrogens (tertiary/aromatic N) is 4. The molecule has 7 heteroatoms. The van der Waals surface area contributed by atoms with Crippen LogP contribution in [0, 0.1) is 11.3 Å². The average Bonchev–Trinajstić information content (AvgIpc) is 2.84. The Labute approximate surface area is 181 Å². The molecule has 0 aliphatic carbocycles. The Kier molecular flexibility index (Phi) is 6.08. The van der Waals surface area contributed by atoms with Gasteiger partial charge in [-0.15, -0.1) is 0 Å². The number of anilines is 2. The van der Waals surface area contributed by atoms with Crippen LogP contribution in [0.5, 0.6) is 5.75 Å². The number of aromatic nitrogens is 2. The van der Waals surface area contributed by atoms with E-state index >= 15 is 0 Å². The molecule has 7 nitrogen and oxygen atoms in total. The van der Waals surface area contributed by atoms with Crippen LogP contribution >= 0.6 is 0 Å². The number of nitrogens with one attached hydrogen (secondary N) is 1. The number of benzene rings is 2. The lowest BCUT2D eigenvalue weighted by molar-refractivity contribution is 0.0706. The predicted octanol–water partition coefficient (Wildman–Crippen LogP) is 4.12. The molecule has 0 bridgehead atoms. The van der Waals surface area contributed by atoms with Crippen LogP contribution in [0.4, 0.5) is 11.6 Å². The topological polar surface area (TPSA) is 91.1 Å². The van der Waals surface area contributed by atoms with Crippen LogP contribution in [0.15, 0.2) is 60.8 Å². The van der Waals surface area contributed by atoms with Crippen LogP contribution in [0.2, 0.25) is 0 Å². The second-order valence-electron chi connectivity index (χ2n) is 7.44. The number of nitriles is 1.